The summed E-state index contributed by atoms with van der Waals surface area (Å²) in [5, 5.41) is 3.40. The average molecular weight is 277 g/mol. The molecule has 4 heteroatoms. The molecule has 1 N–H and O–H groups in total. The smallest absolute Gasteiger partial charge is 0.0544 e. The summed E-state index contributed by atoms with van der Waals surface area (Å²) in [5.41, 5.74) is 2.43. The van der Waals surface area contributed by atoms with Crippen LogP contribution >= 0.6 is 0 Å². The number of aromatic nitrogens is 1. The van der Waals surface area contributed by atoms with Gasteiger partial charge in [0, 0.05) is 32.9 Å². The van der Waals surface area contributed by atoms with E-state index in [1.807, 2.05) is 6.20 Å². The average Bonchev–Trinajstić information content (AvgIpc) is 2.89. The molecule has 1 saturated heterocycles. The summed E-state index contributed by atoms with van der Waals surface area (Å²) < 4.78 is 5.24. The molecule has 1 atom stereocenters. The zero-order valence-corrected chi connectivity index (χ0v) is 12.8. The molecule has 4 nitrogen and oxygen atoms in total. The third-order valence-electron chi connectivity index (χ3n) is 3.80. The van der Waals surface area contributed by atoms with Crippen LogP contribution in [-0.4, -0.2) is 43.2 Å². The van der Waals surface area contributed by atoms with E-state index < -0.39 is 0 Å². The summed E-state index contributed by atoms with van der Waals surface area (Å²) in [7, 11) is 1.79. The number of pyridine rings is 1. The molecular weight excluding hydrogens is 250 g/mol. The molecule has 20 heavy (non-hydrogen) atoms. The SMILES string of the molecule is CCCNCc1ccc(CN2CCC(COC)C2)nc1. The van der Waals surface area contributed by atoms with Crippen LogP contribution in [0.5, 0.6) is 0 Å². The normalized spacial score (nSPS) is 19.6. The number of rotatable bonds is 8. The zero-order valence-electron chi connectivity index (χ0n) is 12.8. The predicted molar refractivity (Wildman–Crippen MR) is 81.5 cm³/mol. The van der Waals surface area contributed by atoms with Crippen molar-refractivity contribution < 1.29 is 4.74 Å². The molecule has 0 amide bonds. The molecular formula is C16H27N3O. The van der Waals surface area contributed by atoms with Crippen LogP contribution < -0.4 is 5.32 Å². The number of likely N-dealkylation sites (tertiary alicyclic amines) is 1. The lowest BCUT2D eigenvalue weighted by molar-refractivity contribution is 0.152. The van der Waals surface area contributed by atoms with Gasteiger partial charge in [-0.1, -0.05) is 13.0 Å². The molecule has 1 fully saturated rings. The minimum absolute atomic E-state index is 0.692. The molecule has 0 spiro atoms. The molecule has 1 aromatic rings. The van der Waals surface area contributed by atoms with Gasteiger partial charge in [0.25, 0.3) is 0 Å². The van der Waals surface area contributed by atoms with Crippen LogP contribution in [0.25, 0.3) is 0 Å². The maximum absolute atomic E-state index is 5.24. The van der Waals surface area contributed by atoms with E-state index in [1.54, 1.807) is 7.11 Å². The fraction of sp³-hybridized carbons (Fsp3) is 0.688. The van der Waals surface area contributed by atoms with Crippen LogP contribution in [0.4, 0.5) is 0 Å². The molecule has 0 aromatic carbocycles. The number of nitrogens with zero attached hydrogens (tertiary/aromatic N) is 2. The Balaban J connectivity index is 1.76. The topological polar surface area (TPSA) is 37.4 Å². The molecule has 0 saturated carbocycles. The van der Waals surface area contributed by atoms with Gasteiger partial charge in [-0.2, -0.15) is 0 Å². The molecule has 0 radical (unpaired) electrons. The number of hydrogen-bond acceptors (Lipinski definition) is 4. The second-order valence-electron chi connectivity index (χ2n) is 5.68. The molecule has 0 bridgehead atoms. The lowest BCUT2D eigenvalue weighted by Crippen LogP contribution is -2.22. The van der Waals surface area contributed by atoms with Crippen molar-refractivity contribution in [2.75, 3.05) is 33.4 Å². The molecule has 1 aliphatic heterocycles. The Kier molecular flexibility index (Phi) is 6.43. The van der Waals surface area contributed by atoms with Crippen molar-refractivity contribution in [3.63, 3.8) is 0 Å². The Hall–Kier alpha value is -0.970. The predicted octanol–water partition coefficient (Wildman–Crippen LogP) is 2.05. The van der Waals surface area contributed by atoms with E-state index in [-0.39, 0.29) is 0 Å². The number of nitrogens with one attached hydrogen (secondary N) is 1. The maximum atomic E-state index is 5.24. The van der Waals surface area contributed by atoms with Gasteiger partial charge >= 0.3 is 0 Å². The van der Waals surface area contributed by atoms with Crippen molar-refractivity contribution >= 4 is 0 Å². The van der Waals surface area contributed by atoms with Gasteiger partial charge < -0.3 is 10.1 Å². The molecule has 1 unspecified atom stereocenters. The molecule has 1 aromatic heterocycles. The third kappa shape index (κ3) is 4.85. The zero-order chi connectivity index (χ0) is 14.2. The maximum Gasteiger partial charge on any atom is 0.0544 e. The van der Waals surface area contributed by atoms with E-state index in [9.17, 15) is 0 Å². The second-order valence-corrected chi connectivity index (χ2v) is 5.68. The lowest BCUT2D eigenvalue weighted by atomic mass is 10.1. The first-order chi connectivity index (χ1) is 9.81. The van der Waals surface area contributed by atoms with E-state index >= 15 is 0 Å². The van der Waals surface area contributed by atoms with Gasteiger partial charge in [-0.3, -0.25) is 9.88 Å². The number of ether oxygens (including phenoxy) is 1. The van der Waals surface area contributed by atoms with Gasteiger partial charge in [-0.05, 0) is 43.5 Å². The van der Waals surface area contributed by atoms with E-state index in [1.165, 1.54) is 24.1 Å². The largest absolute Gasteiger partial charge is 0.384 e. The number of methoxy groups -OCH3 is 1. The van der Waals surface area contributed by atoms with E-state index in [2.05, 4.69) is 34.3 Å². The summed E-state index contributed by atoms with van der Waals surface area (Å²) in [5.74, 6) is 0.692. The molecule has 2 heterocycles. The van der Waals surface area contributed by atoms with Gasteiger partial charge in [0.05, 0.1) is 12.3 Å². The standard InChI is InChI=1S/C16H27N3O/c1-3-7-17-9-14-4-5-16(18-10-14)12-19-8-6-15(11-19)13-20-2/h4-5,10,15,17H,3,6-9,11-13H2,1-2H3. The molecule has 112 valence electrons. The highest BCUT2D eigenvalue weighted by Crippen LogP contribution is 2.18. The Morgan fingerprint density at radius 2 is 2.35 bits per heavy atom. The lowest BCUT2D eigenvalue weighted by Gasteiger charge is -2.15. The summed E-state index contributed by atoms with van der Waals surface area (Å²) in [6.45, 7) is 8.30. The molecule has 0 aliphatic carbocycles. The van der Waals surface area contributed by atoms with Crippen molar-refractivity contribution in [2.45, 2.75) is 32.9 Å². The Bertz CT molecular complexity index is 380. The van der Waals surface area contributed by atoms with Crippen LogP contribution in [-0.2, 0) is 17.8 Å². The van der Waals surface area contributed by atoms with Crippen molar-refractivity contribution in [3.8, 4) is 0 Å². The molecule has 1 aliphatic rings. The summed E-state index contributed by atoms with van der Waals surface area (Å²) >= 11 is 0. The Morgan fingerprint density at radius 1 is 1.45 bits per heavy atom. The van der Waals surface area contributed by atoms with Gasteiger partial charge in [0.15, 0.2) is 0 Å². The fourth-order valence-corrected chi connectivity index (χ4v) is 2.72. The van der Waals surface area contributed by atoms with E-state index in [4.69, 9.17) is 4.74 Å². The van der Waals surface area contributed by atoms with Crippen LogP contribution in [0.3, 0.4) is 0 Å². The third-order valence-corrected chi connectivity index (χ3v) is 3.80. The monoisotopic (exact) mass is 277 g/mol. The Morgan fingerprint density at radius 3 is 3.05 bits per heavy atom. The van der Waals surface area contributed by atoms with Gasteiger partial charge in [0.1, 0.15) is 0 Å². The quantitative estimate of drug-likeness (QED) is 0.738. The van der Waals surface area contributed by atoms with Gasteiger partial charge in [-0.15, -0.1) is 0 Å². The second kappa shape index (κ2) is 8.35. The first-order valence-electron chi connectivity index (χ1n) is 7.67. The van der Waals surface area contributed by atoms with Crippen molar-refractivity contribution in [1.82, 2.24) is 15.2 Å². The van der Waals surface area contributed by atoms with Crippen molar-refractivity contribution in [2.24, 2.45) is 5.92 Å². The highest BCUT2D eigenvalue weighted by molar-refractivity contribution is 5.14. The van der Waals surface area contributed by atoms with Crippen LogP contribution in [0.2, 0.25) is 0 Å². The summed E-state index contributed by atoms with van der Waals surface area (Å²) in [6, 6.07) is 4.35. The van der Waals surface area contributed by atoms with Gasteiger partial charge in [-0.25, -0.2) is 0 Å². The minimum Gasteiger partial charge on any atom is -0.384 e. The first kappa shape index (κ1) is 15.4. The highest BCUT2D eigenvalue weighted by atomic mass is 16.5. The van der Waals surface area contributed by atoms with Crippen molar-refractivity contribution in [3.05, 3.63) is 29.6 Å². The van der Waals surface area contributed by atoms with Crippen LogP contribution in [0, 0.1) is 5.92 Å². The number of hydrogen-bond donors (Lipinski definition) is 1. The summed E-state index contributed by atoms with van der Waals surface area (Å²) in [6.07, 6.45) is 4.41. The fourth-order valence-electron chi connectivity index (χ4n) is 2.72. The first-order valence-corrected chi connectivity index (χ1v) is 7.67. The minimum atomic E-state index is 0.692. The Labute approximate surface area is 122 Å². The van der Waals surface area contributed by atoms with Crippen LogP contribution in [0.15, 0.2) is 18.3 Å². The van der Waals surface area contributed by atoms with Crippen LogP contribution in [0.1, 0.15) is 31.0 Å². The van der Waals surface area contributed by atoms with E-state index in [0.29, 0.717) is 5.92 Å². The van der Waals surface area contributed by atoms with Gasteiger partial charge in [0.2, 0.25) is 0 Å². The highest BCUT2D eigenvalue weighted by Gasteiger charge is 2.22. The summed E-state index contributed by atoms with van der Waals surface area (Å²) in [4.78, 5) is 7.05. The van der Waals surface area contributed by atoms with E-state index in [0.717, 1.165) is 39.3 Å². The van der Waals surface area contributed by atoms with Crippen molar-refractivity contribution in [1.29, 1.82) is 0 Å². The molecule has 2 rings (SSSR count).